The molecule has 5 nitrogen and oxygen atoms in total. The Hall–Kier alpha value is -1.52. The Morgan fingerprint density at radius 1 is 1.36 bits per heavy atom. The highest BCUT2D eigenvalue weighted by molar-refractivity contribution is 5.81. The number of rotatable bonds is 1. The lowest BCUT2D eigenvalue weighted by Gasteiger charge is -2.19. The maximum atomic E-state index is 10.9. The summed E-state index contributed by atoms with van der Waals surface area (Å²) >= 11 is 0. The number of allylic oxidation sites excluding steroid dienone is 1. The molecular formula is C9H11NO4. The van der Waals surface area contributed by atoms with E-state index in [-0.39, 0.29) is 11.8 Å². The molecule has 0 radical (unpaired) electrons. The third-order valence-electron chi connectivity index (χ3n) is 2.97. The molecule has 1 aliphatic heterocycles. The molecule has 2 rings (SSSR count). The smallest absolute Gasteiger partial charge is 0.408 e. The number of aliphatic carboxylic acids is 1. The summed E-state index contributed by atoms with van der Waals surface area (Å²) in [4.78, 5) is 22.7. The van der Waals surface area contributed by atoms with E-state index >= 15 is 0 Å². The summed E-state index contributed by atoms with van der Waals surface area (Å²) in [5.41, 5.74) is 0. The van der Waals surface area contributed by atoms with Crippen LogP contribution in [0.25, 0.3) is 0 Å². The van der Waals surface area contributed by atoms with Gasteiger partial charge in [0.2, 0.25) is 0 Å². The number of fused-ring (bicyclic) bond motifs is 1. The number of carboxylic acid groups (broad SMARTS) is 2. The van der Waals surface area contributed by atoms with Crippen molar-refractivity contribution in [3.8, 4) is 0 Å². The van der Waals surface area contributed by atoms with Gasteiger partial charge in [0.25, 0.3) is 0 Å². The Bertz CT molecular complexity index is 312. The number of hydrogen-bond acceptors (Lipinski definition) is 2. The van der Waals surface area contributed by atoms with Gasteiger partial charge in [0.15, 0.2) is 0 Å². The second kappa shape index (κ2) is 3.01. The van der Waals surface area contributed by atoms with Crippen molar-refractivity contribution in [1.29, 1.82) is 0 Å². The van der Waals surface area contributed by atoms with Gasteiger partial charge in [-0.25, -0.2) is 9.59 Å². The van der Waals surface area contributed by atoms with Gasteiger partial charge < -0.3 is 10.2 Å². The van der Waals surface area contributed by atoms with Gasteiger partial charge in [-0.2, -0.15) is 0 Å². The minimum Gasteiger partial charge on any atom is -0.480 e. The Balaban J connectivity index is 2.26. The molecule has 1 heterocycles. The summed E-state index contributed by atoms with van der Waals surface area (Å²) in [6.45, 7) is 0.337. The average Bonchev–Trinajstić information content (AvgIpc) is 2.58. The molecule has 5 heteroatoms. The van der Waals surface area contributed by atoms with E-state index in [9.17, 15) is 9.59 Å². The highest BCUT2D eigenvalue weighted by Gasteiger charge is 2.47. The molecule has 0 aromatic rings. The number of likely N-dealkylation sites (tertiary alicyclic amines) is 1. The molecule has 3 atom stereocenters. The second-order valence-corrected chi connectivity index (χ2v) is 3.72. The van der Waals surface area contributed by atoms with Crippen molar-refractivity contribution < 1.29 is 19.8 Å². The third kappa shape index (κ3) is 1.16. The van der Waals surface area contributed by atoms with E-state index in [2.05, 4.69) is 0 Å². The Morgan fingerprint density at radius 2 is 2.07 bits per heavy atom. The van der Waals surface area contributed by atoms with Crippen LogP contribution in [0.1, 0.15) is 6.42 Å². The molecule has 0 unspecified atom stereocenters. The fourth-order valence-corrected chi connectivity index (χ4v) is 2.35. The highest BCUT2D eigenvalue weighted by Crippen LogP contribution is 2.37. The lowest BCUT2D eigenvalue weighted by molar-refractivity contribution is -0.142. The quantitative estimate of drug-likeness (QED) is 0.604. The first kappa shape index (κ1) is 9.05. The summed E-state index contributed by atoms with van der Waals surface area (Å²) in [5, 5.41) is 17.8. The van der Waals surface area contributed by atoms with Crippen molar-refractivity contribution in [2.24, 2.45) is 11.8 Å². The minimum atomic E-state index is -1.14. The number of nitrogens with zero attached hydrogens (tertiary/aromatic N) is 1. The van der Waals surface area contributed by atoms with Crippen molar-refractivity contribution in [3.63, 3.8) is 0 Å². The fourth-order valence-electron chi connectivity index (χ4n) is 2.35. The van der Waals surface area contributed by atoms with Gasteiger partial charge in [-0.3, -0.25) is 4.90 Å². The van der Waals surface area contributed by atoms with E-state index in [4.69, 9.17) is 10.2 Å². The van der Waals surface area contributed by atoms with Gasteiger partial charge in [0.1, 0.15) is 6.04 Å². The molecule has 0 aromatic heterocycles. The molecule has 1 amide bonds. The van der Waals surface area contributed by atoms with Crippen molar-refractivity contribution >= 4 is 12.1 Å². The monoisotopic (exact) mass is 197 g/mol. The van der Waals surface area contributed by atoms with Crippen LogP contribution in [-0.2, 0) is 4.79 Å². The van der Waals surface area contributed by atoms with Gasteiger partial charge in [0, 0.05) is 12.5 Å². The first-order chi connectivity index (χ1) is 6.61. The van der Waals surface area contributed by atoms with E-state index in [1.807, 2.05) is 12.2 Å². The SMILES string of the molecule is O=C(O)[C@@H]1[C@H]2C=CC[C@@H]2CN1C(=O)O. The first-order valence-electron chi connectivity index (χ1n) is 4.50. The molecule has 1 aliphatic carbocycles. The molecule has 0 spiro atoms. The van der Waals surface area contributed by atoms with Gasteiger partial charge in [0.05, 0.1) is 0 Å². The molecule has 1 saturated heterocycles. The summed E-state index contributed by atoms with van der Waals surface area (Å²) in [6, 6.07) is -0.892. The molecule has 2 aliphatic rings. The van der Waals surface area contributed by atoms with Crippen LogP contribution in [0.15, 0.2) is 12.2 Å². The maximum absolute atomic E-state index is 10.9. The molecule has 0 bridgehead atoms. The van der Waals surface area contributed by atoms with Gasteiger partial charge >= 0.3 is 12.1 Å². The van der Waals surface area contributed by atoms with E-state index in [0.29, 0.717) is 6.54 Å². The van der Waals surface area contributed by atoms with Crippen LogP contribution in [0.5, 0.6) is 0 Å². The highest BCUT2D eigenvalue weighted by atomic mass is 16.4. The molecule has 76 valence electrons. The van der Waals surface area contributed by atoms with Crippen molar-refractivity contribution in [2.45, 2.75) is 12.5 Å². The number of carbonyl (C=O) groups is 2. The zero-order valence-electron chi connectivity index (χ0n) is 7.46. The summed E-state index contributed by atoms with van der Waals surface area (Å²) < 4.78 is 0. The standard InChI is InChI=1S/C9H11NO4/c11-8(12)7-6-3-1-2-5(6)4-10(7)9(13)14/h1,3,5-7H,2,4H2,(H,11,12)(H,13,14)/t5-,6+,7+/m1/s1. The Labute approximate surface area is 80.6 Å². The summed E-state index contributed by atoms with van der Waals surface area (Å²) in [7, 11) is 0. The van der Waals surface area contributed by atoms with Crippen LogP contribution in [0.3, 0.4) is 0 Å². The average molecular weight is 197 g/mol. The molecule has 0 aromatic carbocycles. The summed E-state index contributed by atoms with van der Waals surface area (Å²) in [5.74, 6) is -1.03. The van der Waals surface area contributed by atoms with Crippen LogP contribution in [0, 0.1) is 11.8 Å². The van der Waals surface area contributed by atoms with Crippen LogP contribution in [-0.4, -0.2) is 39.8 Å². The van der Waals surface area contributed by atoms with Crippen molar-refractivity contribution in [3.05, 3.63) is 12.2 Å². The van der Waals surface area contributed by atoms with Gasteiger partial charge in [-0.1, -0.05) is 12.2 Å². The molecule has 1 fully saturated rings. The lowest BCUT2D eigenvalue weighted by atomic mass is 9.94. The zero-order chi connectivity index (χ0) is 10.3. The predicted octanol–water partition coefficient (Wildman–Crippen LogP) is 0.625. The second-order valence-electron chi connectivity index (χ2n) is 3.72. The van der Waals surface area contributed by atoms with Gasteiger partial charge in [-0.15, -0.1) is 0 Å². The summed E-state index contributed by atoms with van der Waals surface area (Å²) in [6.07, 6.45) is 3.41. The molecule has 2 N–H and O–H groups in total. The largest absolute Gasteiger partial charge is 0.480 e. The first-order valence-corrected chi connectivity index (χ1v) is 4.50. The molecule has 0 saturated carbocycles. The van der Waals surface area contributed by atoms with E-state index < -0.39 is 18.1 Å². The predicted molar refractivity (Wildman–Crippen MR) is 46.9 cm³/mol. The third-order valence-corrected chi connectivity index (χ3v) is 2.97. The normalized spacial score (nSPS) is 34.6. The van der Waals surface area contributed by atoms with Crippen LogP contribution >= 0.6 is 0 Å². The van der Waals surface area contributed by atoms with Crippen LogP contribution in [0.4, 0.5) is 4.79 Å². The number of amides is 1. The topological polar surface area (TPSA) is 77.8 Å². The van der Waals surface area contributed by atoms with Crippen LogP contribution < -0.4 is 0 Å². The maximum Gasteiger partial charge on any atom is 0.408 e. The van der Waals surface area contributed by atoms with E-state index in [0.717, 1.165) is 11.3 Å². The van der Waals surface area contributed by atoms with Crippen LogP contribution in [0.2, 0.25) is 0 Å². The van der Waals surface area contributed by atoms with Crippen molar-refractivity contribution in [1.82, 2.24) is 4.90 Å². The van der Waals surface area contributed by atoms with Gasteiger partial charge in [-0.05, 0) is 12.3 Å². The van der Waals surface area contributed by atoms with E-state index in [1.165, 1.54) is 0 Å². The lowest BCUT2D eigenvalue weighted by Crippen LogP contribution is -2.42. The number of carboxylic acids is 1. The van der Waals surface area contributed by atoms with Crippen molar-refractivity contribution in [2.75, 3.05) is 6.54 Å². The Kier molecular flexibility index (Phi) is 1.94. The zero-order valence-corrected chi connectivity index (χ0v) is 7.46. The fraction of sp³-hybridized carbons (Fsp3) is 0.556. The van der Waals surface area contributed by atoms with E-state index in [1.54, 1.807) is 0 Å². The Morgan fingerprint density at radius 3 is 2.64 bits per heavy atom. The molecular weight excluding hydrogens is 186 g/mol. The molecule has 14 heavy (non-hydrogen) atoms. The minimum absolute atomic E-state index is 0.136. The number of hydrogen-bond donors (Lipinski definition) is 2.